The molecular formula is C14H17N3. The van der Waals surface area contributed by atoms with Gasteiger partial charge in [0, 0.05) is 11.7 Å². The van der Waals surface area contributed by atoms with Crippen molar-refractivity contribution in [3.63, 3.8) is 0 Å². The van der Waals surface area contributed by atoms with Gasteiger partial charge in [0.25, 0.3) is 0 Å². The lowest BCUT2D eigenvalue weighted by atomic mass is 10.1. The summed E-state index contributed by atoms with van der Waals surface area (Å²) in [5.41, 5.74) is 3.17. The van der Waals surface area contributed by atoms with Gasteiger partial charge in [-0.15, -0.1) is 0 Å². The van der Waals surface area contributed by atoms with Gasteiger partial charge < -0.3 is 5.32 Å². The first-order chi connectivity index (χ1) is 8.28. The van der Waals surface area contributed by atoms with E-state index in [4.69, 9.17) is 0 Å². The second kappa shape index (κ2) is 4.03. The molecule has 1 heterocycles. The second-order valence-corrected chi connectivity index (χ2v) is 5.23. The molecule has 0 aliphatic heterocycles. The molecule has 1 N–H and O–H groups in total. The molecule has 2 aliphatic rings. The van der Waals surface area contributed by atoms with Crippen molar-refractivity contribution in [2.45, 2.75) is 45.1 Å². The normalized spacial score (nSPS) is 19.5. The second-order valence-electron chi connectivity index (χ2n) is 5.23. The number of nitrogens with one attached hydrogen (secondary N) is 1. The minimum atomic E-state index is 0.439. The number of hydrogen-bond donors (Lipinski definition) is 1. The first-order valence-electron chi connectivity index (χ1n) is 6.47. The molecule has 1 saturated carbocycles. The third-order valence-corrected chi connectivity index (χ3v) is 3.86. The molecule has 3 rings (SSSR count). The third-order valence-electron chi connectivity index (χ3n) is 3.86. The Morgan fingerprint density at radius 1 is 1.47 bits per heavy atom. The molecule has 0 amide bonds. The highest BCUT2D eigenvalue weighted by atomic mass is 15.0. The Labute approximate surface area is 102 Å². The lowest BCUT2D eigenvalue weighted by molar-refractivity contribution is 0.689. The van der Waals surface area contributed by atoms with Crippen molar-refractivity contribution >= 4 is 5.82 Å². The number of aromatic nitrogens is 1. The highest BCUT2D eigenvalue weighted by molar-refractivity contribution is 5.55. The van der Waals surface area contributed by atoms with Crippen molar-refractivity contribution in [2.24, 2.45) is 5.92 Å². The van der Waals surface area contributed by atoms with E-state index in [0.29, 0.717) is 11.6 Å². The maximum Gasteiger partial charge on any atom is 0.144 e. The largest absolute Gasteiger partial charge is 0.366 e. The lowest BCUT2D eigenvalue weighted by Crippen LogP contribution is -2.19. The third kappa shape index (κ3) is 2.00. The number of hydrogen-bond acceptors (Lipinski definition) is 3. The number of pyridine rings is 1. The van der Waals surface area contributed by atoms with E-state index in [1.54, 1.807) is 0 Å². The molecule has 0 radical (unpaired) electrons. The van der Waals surface area contributed by atoms with Gasteiger partial charge in [-0.2, -0.15) is 5.26 Å². The Morgan fingerprint density at radius 3 is 3.00 bits per heavy atom. The molecule has 88 valence electrons. The zero-order chi connectivity index (χ0) is 11.8. The maximum absolute atomic E-state index is 9.19. The molecule has 3 nitrogen and oxygen atoms in total. The van der Waals surface area contributed by atoms with E-state index in [-0.39, 0.29) is 0 Å². The van der Waals surface area contributed by atoms with Crippen LogP contribution >= 0.6 is 0 Å². The van der Waals surface area contributed by atoms with Crippen molar-refractivity contribution < 1.29 is 0 Å². The Kier molecular flexibility index (Phi) is 2.51. The summed E-state index contributed by atoms with van der Waals surface area (Å²) in [6.07, 6.45) is 5.93. The van der Waals surface area contributed by atoms with Crippen LogP contribution in [0.4, 0.5) is 5.82 Å². The number of nitriles is 1. The van der Waals surface area contributed by atoms with Gasteiger partial charge >= 0.3 is 0 Å². The molecule has 0 aromatic carbocycles. The quantitative estimate of drug-likeness (QED) is 0.863. The molecule has 1 atom stereocenters. The van der Waals surface area contributed by atoms with E-state index in [1.807, 2.05) is 6.07 Å². The van der Waals surface area contributed by atoms with Crippen LogP contribution in [-0.4, -0.2) is 11.0 Å². The van der Waals surface area contributed by atoms with Gasteiger partial charge in [0.15, 0.2) is 0 Å². The first-order valence-corrected chi connectivity index (χ1v) is 6.47. The van der Waals surface area contributed by atoms with Gasteiger partial charge in [0.05, 0.1) is 5.56 Å². The van der Waals surface area contributed by atoms with Crippen molar-refractivity contribution in [2.75, 3.05) is 5.32 Å². The standard InChI is InChI=1S/C14H17N3/c1-9(10-5-6-10)16-14-12(8-15)7-11-3-2-4-13(11)17-14/h7,9-10H,2-6H2,1H3,(H,16,17). The fraction of sp³-hybridized carbons (Fsp3) is 0.571. The number of aryl methyl sites for hydroxylation is 2. The number of fused-ring (bicyclic) bond motifs is 1. The highest BCUT2D eigenvalue weighted by Crippen LogP contribution is 2.34. The van der Waals surface area contributed by atoms with Crippen molar-refractivity contribution in [3.05, 3.63) is 22.9 Å². The van der Waals surface area contributed by atoms with Crippen molar-refractivity contribution in [3.8, 4) is 6.07 Å². The molecule has 17 heavy (non-hydrogen) atoms. The molecule has 3 heteroatoms. The van der Waals surface area contributed by atoms with E-state index in [1.165, 1.54) is 30.5 Å². The summed E-state index contributed by atoms with van der Waals surface area (Å²) >= 11 is 0. The topological polar surface area (TPSA) is 48.7 Å². The van der Waals surface area contributed by atoms with E-state index < -0.39 is 0 Å². The van der Waals surface area contributed by atoms with Crippen LogP contribution in [0.2, 0.25) is 0 Å². The van der Waals surface area contributed by atoms with Crippen LogP contribution < -0.4 is 5.32 Å². The predicted molar refractivity (Wildman–Crippen MR) is 66.8 cm³/mol. The molecule has 1 fully saturated rings. The average Bonchev–Trinajstić information content (AvgIpc) is 3.08. The summed E-state index contributed by atoms with van der Waals surface area (Å²) in [5, 5.41) is 12.6. The Bertz CT molecular complexity index is 483. The van der Waals surface area contributed by atoms with Gasteiger partial charge in [0.2, 0.25) is 0 Å². The van der Waals surface area contributed by atoms with Crippen LogP contribution in [0.1, 0.15) is 43.0 Å². The maximum atomic E-state index is 9.19. The fourth-order valence-corrected chi connectivity index (χ4v) is 2.60. The summed E-state index contributed by atoms with van der Waals surface area (Å²) in [4.78, 5) is 4.64. The average molecular weight is 227 g/mol. The molecular weight excluding hydrogens is 210 g/mol. The number of nitrogens with zero attached hydrogens (tertiary/aromatic N) is 2. The van der Waals surface area contributed by atoms with Crippen LogP contribution in [0.5, 0.6) is 0 Å². The number of anilines is 1. The highest BCUT2D eigenvalue weighted by Gasteiger charge is 2.29. The monoisotopic (exact) mass is 227 g/mol. The molecule has 0 spiro atoms. The Morgan fingerprint density at radius 2 is 2.29 bits per heavy atom. The molecule has 2 aliphatic carbocycles. The molecule has 0 bridgehead atoms. The van der Waals surface area contributed by atoms with Gasteiger partial charge in [-0.05, 0) is 56.6 Å². The Balaban J connectivity index is 1.89. The van der Waals surface area contributed by atoms with Crippen LogP contribution in [0.25, 0.3) is 0 Å². The molecule has 0 saturated heterocycles. The summed E-state index contributed by atoms with van der Waals surface area (Å²) in [5.74, 6) is 1.57. The molecule has 1 aromatic heterocycles. The fourth-order valence-electron chi connectivity index (χ4n) is 2.60. The zero-order valence-electron chi connectivity index (χ0n) is 10.2. The van der Waals surface area contributed by atoms with Gasteiger partial charge in [-0.25, -0.2) is 4.98 Å². The van der Waals surface area contributed by atoms with Gasteiger partial charge in [-0.3, -0.25) is 0 Å². The van der Waals surface area contributed by atoms with Crippen LogP contribution in [-0.2, 0) is 12.8 Å². The van der Waals surface area contributed by atoms with Gasteiger partial charge in [0.1, 0.15) is 11.9 Å². The molecule has 1 aromatic rings. The van der Waals surface area contributed by atoms with Crippen LogP contribution in [0.15, 0.2) is 6.07 Å². The van der Waals surface area contributed by atoms with Crippen LogP contribution in [0, 0.1) is 17.2 Å². The van der Waals surface area contributed by atoms with Crippen molar-refractivity contribution in [1.82, 2.24) is 4.98 Å². The van der Waals surface area contributed by atoms with E-state index in [0.717, 1.165) is 24.6 Å². The summed E-state index contributed by atoms with van der Waals surface area (Å²) in [7, 11) is 0. The van der Waals surface area contributed by atoms with E-state index in [2.05, 4.69) is 23.3 Å². The predicted octanol–water partition coefficient (Wildman–Crippen LogP) is 2.65. The minimum Gasteiger partial charge on any atom is -0.366 e. The summed E-state index contributed by atoms with van der Waals surface area (Å²) in [6.45, 7) is 2.19. The Hall–Kier alpha value is -1.56. The first kappa shape index (κ1) is 10.6. The summed E-state index contributed by atoms with van der Waals surface area (Å²) in [6, 6.07) is 4.73. The lowest BCUT2D eigenvalue weighted by Gasteiger charge is -2.15. The summed E-state index contributed by atoms with van der Waals surface area (Å²) < 4.78 is 0. The van der Waals surface area contributed by atoms with Gasteiger partial charge in [-0.1, -0.05) is 0 Å². The smallest absolute Gasteiger partial charge is 0.144 e. The SMILES string of the molecule is CC(Nc1nc2c(cc1C#N)CCC2)C1CC1. The van der Waals surface area contributed by atoms with E-state index in [9.17, 15) is 5.26 Å². The van der Waals surface area contributed by atoms with Crippen LogP contribution in [0.3, 0.4) is 0 Å². The van der Waals surface area contributed by atoms with E-state index >= 15 is 0 Å². The zero-order valence-corrected chi connectivity index (χ0v) is 10.2. The number of rotatable bonds is 3. The molecule has 1 unspecified atom stereocenters. The minimum absolute atomic E-state index is 0.439. The van der Waals surface area contributed by atoms with Crippen molar-refractivity contribution in [1.29, 1.82) is 5.26 Å².